The second-order valence-corrected chi connectivity index (χ2v) is 5.92. The topological polar surface area (TPSA) is 71.3 Å². The maximum absolute atomic E-state index is 10.9. The minimum absolute atomic E-state index is 0.0542. The summed E-state index contributed by atoms with van der Waals surface area (Å²) in [7, 11) is 0. The lowest BCUT2D eigenvalue weighted by atomic mass is 10.0. The second-order valence-electron chi connectivity index (χ2n) is 5.51. The molecule has 0 aliphatic carbocycles. The molecule has 1 N–H and O–H groups in total. The lowest BCUT2D eigenvalue weighted by Gasteiger charge is -2.36. The van der Waals surface area contributed by atoms with Gasteiger partial charge in [0, 0.05) is 50.7 Å². The molecule has 1 aliphatic heterocycles. The smallest absolute Gasteiger partial charge is 0.287 e. The van der Waals surface area contributed by atoms with Gasteiger partial charge in [-0.25, -0.2) is 0 Å². The number of nitrogens with one attached hydrogen (secondary N) is 1. The molecule has 1 aromatic carbocycles. The Morgan fingerprint density at radius 1 is 1.35 bits per heavy atom. The molecule has 23 heavy (non-hydrogen) atoms. The molecule has 120 valence electrons. The fourth-order valence-corrected chi connectivity index (χ4v) is 3.15. The highest BCUT2D eigenvalue weighted by Gasteiger charge is 2.24. The first-order valence-electron chi connectivity index (χ1n) is 7.42. The number of pyridine rings is 1. The molecular formula is C16H17ClN4O2. The van der Waals surface area contributed by atoms with E-state index in [0.717, 1.165) is 25.2 Å². The van der Waals surface area contributed by atoms with Crippen LogP contribution >= 0.6 is 11.6 Å². The summed E-state index contributed by atoms with van der Waals surface area (Å²) in [6, 6.07) is 9.23. The first-order chi connectivity index (χ1) is 11.1. The van der Waals surface area contributed by atoms with E-state index in [0.29, 0.717) is 6.54 Å². The minimum atomic E-state index is -0.462. The van der Waals surface area contributed by atoms with Crippen LogP contribution in [0.15, 0.2) is 42.7 Å². The van der Waals surface area contributed by atoms with Crippen molar-refractivity contribution in [3.8, 4) is 0 Å². The monoisotopic (exact) mass is 332 g/mol. The van der Waals surface area contributed by atoms with Crippen LogP contribution in [0.2, 0.25) is 5.02 Å². The van der Waals surface area contributed by atoms with E-state index in [1.807, 2.05) is 12.1 Å². The van der Waals surface area contributed by atoms with Crippen LogP contribution in [0.3, 0.4) is 0 Å². The zero-order chi connectivity index (χ0) is 16.2. The quantitative estimate of drug-likeness (QED) is 0.688. The van der Waals surface area contributed by atoms with Crippen LogP contribution in [0.5, 0.6) is 0 Å². The molecule has 0 radical (unpaired) electrons. The third-order valence-electron chi connectivity index (χ3n) is 4.04. The van der Waals surface area contributed by atoms with Gasteiger partial charge in [0.15, 0.2) is 0 Å². The van der Waals surface area contributed by atoms with Crippen molar-refractivity contribution >= 4 is 17.3 Å². The van der Waals surface area contributed by atoms with Crippen LogP contribution in [0.4, 0.5) is 5.69 Å². The predicted octanol–water partition coefficient (Wildman–Crippen LogP) is 2.79. The number of aromatic nitrogens is 1. The standard InChI is InChI=1S/C16H17ClN4O2/c17-14-9-12(1-2-15(14)21(22)23)11-20-8-7-19-10-16(20)13-3-5-18-6-4-13/h1-6,9,16,19H,7-8,10-11H2. The lowest BCUT2D eigenvalue weighted by molar-refractivity contribution is -0.384. The molecule has 0 bridgehead atoms. The SMILES string of the molecule is O=[N+]([O-])c1ccc(CN2CCNCC2c2ccncc2)cc1Cl. The summed E-state index contributed by atoms with van der Waals surface area (Å²) < 4.78 is 0. The Balaban J connectivity index is 1.80. The Morgan fingerprint density at radius 3 is 2.83 bits per heavy atom. The molecule has 0 saturated carbocycles. The third kappa shape index (κ3) is 3.67. The van der Waals surface area contributed by atoms with Crippen molar-refractivity contribution in [1.82, 2.24) is 15.2 Å². The van der Waals surface area contributed by atoms with Crippen LogP contribution in [0.1, 0.15) is 17.2 Å². The normalized spacial score (nSPS) is 18.7. The molecule has 1 saturated heterocycles. The largest absolute Gasteiger partial charge is 0.314 e. The van der Waals surface area contributed by atoms with E-state index < -0.39 is 4.92 Å². The van der Waals surface area contributed by atoms with Gasteiger partial charge in [0.2, 0.25) is 0 Å². The molecule has 1 fully saturated rings. The summed E-state index contributed by atoms with van der Waals surface area (Å²) >= 11 is 6.01. The first kappa shape index (κ1) is 15.9. The number of hydrogen-bond acceptors (Lipinski definition) is 5. The van der Waals surface area contributed by atoms with E-state index in [1.165, 1.54) is 11.6 Å². The summed E-state index contributed by atoms with van der Waals surface area (Å²) in [6.45, 7) is 3.39. The fourth-order valence-electron chi connectivity index (χ4n) is 2.88. The van der Waals surface area contributed by atoms with Gasteiger partial charge in [0.25, 0.3) is 5.69 Å². The number of nitro groups is 1. The van der Waals surface area contributed by atoms with E-state index in [-0.39, 0.29) is 16.8 Å². The molecule has 6 nitrogen and oxygen atoms in total. The van der Waals surface area contributed by atoms with Crippen molar-refractivity contribution in [3.05, 3.63) is 69.0 Å². The molecule has 2 heterocycles. The van der Waals surface area contributed by atoms with Crippen LogP contribution in [0, 0.1) is 10.1 Å². The molecule has 3 rings (SSSR count). The number of piperazine rings is 1. The fraction of sp³-hybridized carbons (Fsp3) is 0.312. The van der Waals surface area contributed by atoms with Crippen molar-refractivity contribution in [1.29, 1.82) is 0 Å². The van der Waals surface area contributed by atoms with Gasteiger partial charge >= 0.3 is 0 Å². The van der Waals surface area contributed by atoms with Gasteiger partial charge in [0.05, 0.1) is 4.92 Å². The van der Waals surface area contributed by atoms with Crippen molar-refractivity contribution in [2.75, 3.05) is 19.6 Å². The Kier molecular flexibility index (Phi) is 4.85. The molecule has 1 unspecified atom stereocenters. The first-order valence-corrected chi connectivity index (χ1v) is 7.80. The number of nitro benzene ring substituents is 1. The summed E-state index contributed by atoms with van der Waals surface area (Å²) in [5.74, 6) is 0. The van der Waals surface area contributed by atoms with Crippen LogP contribution in [0.25, 0.3) is 0 Å². The lowest BCUT2D eigenvalue weighted by Crippen LogP contribution is -2.45. The highest BCUT2D eigenvalue weighted by molar-refractivity contribution is 6.32. The van der Waals surface area contributed by atoms with Gasteiger partial charge in [-0.05, 0) is 29.3 Å². The highest BCUT2D eigenvalue weighted by atomic mass is 35.5. The summed E-state index contributed by atoms with van der Waals surface area (Å²) in [5.41, 5.74) is 2.13. The summed E-state index contributed by atoms with van der Waals surface area (Å²) in [5, 5.41) is 14.4. The maximum Gasteiger partial charge on any atom is 0.287 e. The van der Waals surface area contributed by atoms with Gasteiger partial charge < -0.3 is 5.32 Å². The molecule has 0 amide bonds. The predicted molar refractivity (Wildman–Crippen MR) is 88.4 cm³/mol. The zero-order valence-electron chi connectivity index (χ0n) is 12.5. The molecule has 2 aromatic rings. The van der Waals surface area contributed by atoms with E-state index in [1.54, 1.807) is 24.5 Å². The molecule has 1 aliphatic rings. The average Bonchev–Trinajstić information content (AvgIpc) is 2.56. The van der Waals surface area contributed by atoms with Crippen LogP contribution < -0.4 is 5.32 Å². The molecule has 0 spiro atoms. The van der Waals surface area contributed by atoms with Crippen molar-refractivity contribution in [3.63, 3.8) is 0 Å². The molecule has 1 atom stereocenters. The Labute approximate surface area is 139 Å². The third-order valence-corrected chi connectivity index (χ3v) is 4.34. The summed E-state index contributed by atoms with van der Waals surface area (Å²) in [4.78, 5) is 16.8. The van der Waals surface area contributed by atoms with Crippen molar-refractivity contribution in [2.45, 2.75) is 12.6 Å². The highest BCUT2D eigenvalue weighted by Crippen LogP contribution is 2.28. The number of halogens is 1. The van der Waals surface area contributed by atoms with Gasteiger partial charge in [0.1, 0.15) is 5.02 Å². The molecule has 7 heteroatoms. The average molecular weight is 333 g/mol. The second kappa shape index (κ2) is 7.04. The summed E-state index contributed by atoms with van der Waals surface area (Å²) in [6.07, 6.45) is 3.59. The Bertz CT molecular complexity index is 696. The number of hydrogen-bond donors (Lipinski definition) is 1. The van der Waals surface area contributed by atoms with Crippen molar-refractivity contribution < 1.29 is 4.92 Å². The van der Waals surface area contributed by atoms with Gasteiger partial charge in [-0.15, -0.1) is 0 Å². The van der Waals surface area contributed by atoms with E-state index in [4.69, 9.17) is 11.6 Å². The number of rotatable bonds is 4. The Morgan fingerprint density at radius 2 is 2.13 bits per heavy atom. The zero-order valence-corrected chi connectivity index (χ0v) is 13.2. The molecule has 1 aromatic heterocycles. The van der Waals surface area contributed by atoms with Gasteiger partial charge in [-0.1, -0.05) is 17.7 Å². The van der Waals surface area contributed by atoms with Crippen LogP contribution in [-0.4, -0.2) is 34.4 Å². The van der Waals surface area contributed by atoms with Gasteiger partial charge in [-0.2, -0.15) is 0 Å². The number of nitrogens with zero attached hydrogens (tertiary/aromatic N) is 3. The number of benzene rings is 1. The van der Waals surface area contributed by atoms with Crippen molar-refractivity contribution in [2.24, 2.45) is 0 Å². The minimum Gasteiger partial charge on any atom is -0.314 e. The van der Waals surface area contributed by atoms with E-state index in [2.05, 4.69) is 15.2 Å². The maximum atomic E-state index is 10.9. The Hall–Kier alpha value is -2.02. The molecular weight excluding hydrogens is 316 g/mol. The van der Waals surface area contributed by atoms with Crippen LogP contribution in [-0.2, 0) is 6.54 Å². The van der Waals surface area contributed by atoms with E-state index >= 15 is 0 Å². The van der Waals surface area contributed by atoms with E-state index in [9.17, 15) is 10.1 Å². The van der Waals surface area contributed by atoms with Gasteiger partial charge in [-0.3, -0.25) is 20.0 Å².